The molecule has 4 aromatic carbocycles. The number of likely N-dealkylation sites (tertiary alicyclic amines) is 1. The van der Waals surface area contributed by atoms with Crippen LogP contribution >= 0.6 is 0 Å². The predicted molar refractivity (Wildman–Crippen MR) is 162 cm³/mol. The summed E-state index contributed by atoms with van der Waals surface area (Å²) in [6.45, 7) is 3.18. The number of ketones is 1. The minimum Gasteiger partial charge on any atom is -0.322 e. The van der Waals surface area contributed by atoms with Crippen molar-refractivity contribution in [3.63, 3.8) is 0 Å². The van der Waals surface area contributed by atoms with Crippen LogP contribution in [0.5, 0.6) is 0 Å². The summed E-state index contributed by atoms with van der Waals surface area (Å²) >= 11 is 0. The molecule has 1 aliphatic carbocycles. The number of hydrogen-bond acceptors (Lipinski definition) is 3. The molecule has 0 saturated carbocycles. The maximum atomic E-state index is 13.4. The van der Waals surface area contributed by atoms with E-state index in [1.54, 1.807) is 6.07 Å². The summed E-state index contributed by atoms with van der Waals surface area (Å²) in [5.74, 6) is 0.809. The number of rotatable bonds is 7. The van der Waals surface area contributed by atoms with E-state index in [4.69, 9.17) is 0 Å². The summed E-state index contributed by atoms with van der Waals surface area (Å²) in [5.41, 5.74) is 6.76. The van der Waals surface area contributed by atoms with Gasteiger partial charge >= 0.3 is 0 Å². The van der Waals surface area contributed by atoms with Crippen LogP contribution in [0.15, 0.2) is 103 Å². The van der Waals surface area contributed by atoms with E-state index in [1.807, 2.05) is 54.6 Å². The summed E-state index contributed by atoms with van der Waals surface area (Å²) in [4.78, 5) is 29.0. The Hall–Kier alpha value is -4.02. The molecule has 40 heavy (non-hydrogen) atoms. The van der Waals surface area contributed by atoms with Crippen LogP contribution in [-0.4, -0.2) is 36.2 Å². The molecule has 0 aromatic heterocycles. The molecule has 0 bridgehead atoms. The van der Waals surface area contributed by atoms with Crippen molar-refractivity contribution < 1.29 is 9.59 Å². The number of hydrogen-bond donors (Lipinski definition) is 1. The quantitative estimate of drug-likeness (QED) is 0.268. The zero-order valence-corrected chi connectivity index (χ0v) is 22.9. The minimum absolute atomic E-state index is 0.0692. The van der Waals surface area contributed by atoms with Crippen LogP contribution in [0, 0.1) is 5.92 Å². The first-order valence-electron chi connectivity index (χ1n) is 14.6. The summed E-state index contributed by atoms with van der Waals surface area (Å²) < 4.78 is 0. The molecule has 2 aliphatic rings. The predicted octanol–water partition coefficient (Wildman–Crippen LogP) is 7.62. The van der Waals surface area contributed by atoms with Gasteiger partial charge < -0.3 is 10.2 Å². The smallest absolute Gasteiger partial charge is 0.255 e. The highest BCUT2D eigenvalue weighted by atomic mass is 16.1. The van der Waals surface area contributed by atoms with Gasteiger partial charge in [0.2, 0.25) is 0 Å². The standard InChI is InChI=1S/C36H36N2O2/c39-35-29(20-23-38-21-18-28(19-22-38)26-8-3-1-4-9-26)14-15-31-24-32(16-17-34(31)35)36(40)37-33-13-7-12-30(25-33)27-10-5-2-6-11-27/h1-13,16-17,24-25,28-29H,14-15,18-23H2,(H,37,40). The van der Waals surface area contributed by atoms with Crippen molar-refractivity contribution in [2.24, 2.45) is 5.92 Å². The molecule has 1 amide bonds. The van der Waals surface area contributed by atoms with E-state index in [2.05, 4.69) is 52.7 Å². The number of fused-ring (bicyclic) bond motifs is 1. The lowest BCUT2D eigenvalue weighted by atomic mass is 9.80. The van der Waals surface area contributed by atoms with Crippen molar-refractivity contribution >= 4 is 17.4 Å². The first kappa shape index (κ1) is 26.2. The van der Waals surface area contributed by atoms with Gasteiger partial charge in [0.1, 0.15) is 0 Å². The molecular formula is C36H36N2O2. The Morgan fingerprint density at radius 2 is 1.50 bits per heavy atom. The Bertz CT molecular complexity index is 1470. The molecule has 1 aliphatic heterocycles. The molecule has 1 N–H and O–H groups in total. The maximum Gasteiger partial charge on any atom is 0.255 e. The van der Waals surface area contributed by atoms with Gasteiger partial charge in [0.05, 0.1) is 0 Å². The molecular weight excluding hydrogens is 492 g/mol. The van der Waals surface area contributed by atoms with Crippen LogP contribution in [0.2, 0.25) is 0 Å². The Morgan fingerprint density at radius 1 is 0.775 bits per heavy atom. The number of aryl methyl sites for hydroxylation is 1. The fourth-order valence-corrected chi connectivity index (χ4v) is 6.30. The molecule has 1 atom stereocenters. The molecule has 4 nitrogen and oxygen atoms in total. The lowest BCUT2D eigenvalue weighted by Gasteiger charge is -2.33. The van der Waals surface area contributed by atoms with Crippen molar-refractivity contribution in [2.75, 3.05) is 25.0 Å². The number of piperidine rings is 1. The Kier molecular flexibility index (Phi) is 7.87. The second-order valence-corrected chi connectivity index (χ2v) is 11.2. The number of anilines is 1. The van der Waals surface area contributed by atoms with Gasteiger partial charge in [-0.25, -0.2) is 0 Å². The number of carbonyl (C=O) groups is 2. The van der Waals surface area contributed by atoms with Gasteiger partial charge in [-0.1, -0.05) is 78.9 Å². The molecule has 202 valence electrons. The fraction of sp³-hybridized carbons (Fsp3) is 0.278. The van der Waals surface area contributed by atoms with Gasteiger partial charge in [0.25, 0.3) is 5.91 Å². The highest BCUT2D eigenvalue weighted by Crippen LogP contribution is 2.31. The van der Waals surface area contributed by atoms with E-state index in [9.17, 15) is 9.59 Å². The number of amides is 1. The van der Waals surface area contributed by atoms with Crippen molar-refractivity contribution in [3.8, 4) is 11.1 Å². The van der Waals surface area contributed by atoms with E-state index >= 15 is 0 Å². The van der Waals surface area contributed by atoms with Crippen LogP contribution in [0.4, 0.5) is 5.69 Å². The Morgan fingerprint density at radius 3 is 2.27 bits per heavy atom. The maximum absolute atomic E-state index is 13.4. The van der Waals surface area contributed by atoms with Gasteiger partial charge in [0.15, 0.2) is 5.78 Å². The SMILES string of the molecule is O=C(Nc1cccc(-c2ccccc2)c1)c1ccc2c(c1)CCC(CCN1CCC(c3ccccc3)CC1)C2=O. The monoisotopic (exact) mass is 528 g/mol. The van der Waals surface area contributed by atoms with E-state index in [-0.39, 0.29) is 17.6 Å². The second kappa shape index (κ2) is 12.0. The van der Waals surface area contributed by atoms with Gasteiger partial charge in [-0.05, 0) is 104 Å². The van der Waals surface area contributed by atoms with Crippen molar-refractivity contribution in [1.82, 2.24) is 4.90 Å². The van der Waals surface area contributed by atoms with Crippen LogP contribution in [0.1, 0.15) is 63.4 Å². The van der Waals surface area contributed by atoms with Crippen molar-refractivity contribution in [2.45, 2.75) is 38.0 Å². The normalized spacial score (nSPS) is 17.8. The topological polar surface area (TPSA) is 49.4 Å². The van der Waals surface area contributed by atoms with E-state index in [1.165, 1.54) is 18.4 Å². The average molecular weight is 529 g/mol. The number of benzene rings is 4. The van der Waals surface area contributed by atoms with Gasteiger partial charge in [0, 0.05) is 22.7 Å². The molecule has 4 aromatic rings. The summed E-state index contributed by atoms with van der Waals surface area (Å²) in [6.07, 6.45) is 4.98. The third kappa shape index (κ3) is 5.93. The lowest BCUT2D eigenvalue weighted by molar-refractivity contribution is 0.0876. The van der Waals surface area contributed by atoms with Crippen LogP contribution in [-0.2, 0) is 6.42 Å². The van der Waals surface area contributed by atoms with Crippen molar-refractivity contribution in [3.05, 3.63) is 125 Å². The minimum atomic E-state index is -0.151. The summed E-state index contributed by atoms with van der Waals surface area (Å²) in [5, 5.41) is 3.04. The summed E-state index contributed by atoms with van der Waals surface area (Å²) in [6, 6.07) is 34.4. The largest absolute Gasteiger partial charge is 0.322 e. The van der Waals surface area contributed by atoms with Crippen LogP contribution < -0.4 is 5.32 Å². The molecule has 0 spiro atoms. The molecule has 1 fully saturated rings. The van der Waals surface area contributed by atoms with Crippen LogP contribution in [0.25, 0.3) is 11.1 Å². The first-order chi connectivity index (χ1) is 19.6. The highest BCUT2D eigenvalue weighted by molar-refractivity contribution is 6.06. The van der Waals surface area contributed by atoms with Crippen LogP contribution in [0.3, 0.4) is 0 Å². The summed E-state index contributed by atoms with van der Waals surface area (Å²) in [7, 11) is 0. The zero-order chi connectivity index (χ0) is 27.3. The van der Waals surface area contributed by atoms with E-state index < -0.39 is 0 Å². The van der Waals surface area contributed by atoms with Gasteiger partial charge in [-0.2, -0.15) is 0 Å². The molecule has 1 unspecified atom stereocenters. The van der Waals surface area contributed by atoms with E-state index in [0.717, 1.165) is 66.8 Å². The number of nitrogens with zero attached hydrogens (tertiary/aromatic N) is 1. The zero-order valence-electron chi connectivity index (χ0n) is 22.9. The average Bonchev–Trinajstić information content (AvgIpc) is 3.02. The van der Waals surface area contributed by atoms with Gasteiger partial charge in [-0.15, -0.1) is 0 Å². The molecule has 1 heterocycles. The molecule has 1 saturated heterocycles. The number of Topliss-reactive ketones (excluding diaryl/α,β-unsaturated/α-hetero) is 1. The lowest BCUT2D eigenvalue weighted by Crippen LogP contribution is -2.35. The Balaban J connectivity index is 1.04. The first-order valence-corrected chi connectivity index (χ1v) is 14.6. The molecule has 6 rings (SSSR count). The highest BCUT2D eigenvalue weighted by Gasteiger charge is 2.29. The fourth-order valence-electron chi connectivity index (χ4n) is 6.30. The molecule has 0 radical (unpaired) electrons. The molecule has 4 heteroatoms. The third-order valence-electron chi connectivity index (χ3n) is 8.65. The number of nitrogens with one attached hydrogen (secondary N) is 1. The van der Waals surface area contributed by atoms with Gasteiger partial charge in [-0.3, -0.25) is 9.59 Å². The van der Waals surface area contributed by atoms with E-state index in [0.29, 0.717) is 11.5 Å². The van der Waals surface area contributed by atoms with Crippen molar-refractivity contribution in [1.29, 1.82) is 0 Å². The second-order valence-electron chi connectivity index (χ2n) is 11.2. The Labute approximate surface area is 237 Å². The number of carbonyl (C=O) groups excluding carboxylic acids is 2. The third-order valence-corrected chi connectivity index (χ3v) is 8.65.